The van der Waals surface area contributed by atoms with E-state index in [0.29, 0.717) is 36.8 Å². The van der Waals surface area contributed by atoms with Crippen LogP contribution in [0.25, 0.3) is 0 Å². The van der Waals surface area contributed by atoms with E-state index in [9.17, 15) is 9.18 Å². The van der Waals surface area contributed by atoms with Gasteiger partial charge in [0.2, 0.25) is 0 Å². The Labute approximate surface area is 163 Å². The summed E-state index contributed by atoms with van der Waals surface area (Å²) in [5, 5.41) is 2.70. The van der Waals surface area contributed by atoms with Crippen LogP contribution in [0, 0.1) is 5.82 Å². The number of halogens is 1. The number of carbonyl (C=O) groups excluding carboxylic acids is 1. The highest BCUT2D eigenvalue weighted by atomic mass is 19.1. The van der Waals surface area contributed by atoms with Gasteiger partial charge in [0, 0.05) is 16.8 Å². The van der Waals surface area contributed by atoms with E-state index in [1.54, 1.807) is 30.3 Å². The number of rotatable bonds is 8. The van der Waals surface area contributed by atoms with Gasteiger partial charge in [0.25, 0.3) is 5.91 Å². The van der Waals surface area contributed by atoms with Crippen LogP contribution in [-0.2, 0) is 18.0 Å². The maximum Gasteiger partial charge on any atom is 0.255 e. The average molecular weight is 379 g/mol. The number of amides is 1. The molecule has 0 heterocycles. The van der Waals surface area contributed by atoms with Gasteiger partial charge in [0.15, 0.2) is 0 Å². The molecule has 1 N–H and O–H groups in total. The molecule has 28 heavy (non-hydrogen) atoms. The summed E-state index contributed by atoms with van der Waals surface area (Å²) >= 11 is 0. The Balaban J connectivity index is 1.71. The SMILES string of the molecule is CCOc1ccc(C(=O)Nc2cccc(F)c2)cc1COCc1ccccc1. The molecule has 0 atom stereocenters. The lowest BCUT2D eigenvalue weighted by atomic mass is 10.1. The summed E-state index contributed by atoms with van der Waals surface area (Å²) in [5.74, 6) is -0.0460. The fourth-order valence-corrected chi connectivity index (χ4v) is 2.75. The van der Waals surface area contributed by atoms with E-state index in [-0.39, 0.29) is 5.91 Å². The van der Waals surface area contributed by atoms with Crippen LogP contribution >= 0.6 is 0 Å². The van der Waals surface area contributed by atoms with E-state index < -0.39 is 5.82 Å². The fraction of sp³-hybridized carbons (Fsp3) is 0.174. The van der Waals surface area contributed by atoms with Crippen LogP contribution in [0.1, 0.15) is 28.4 Å². The number of ether oxygens (including phenoxy) is 2. The highest BCUT2D eigenvalue weighted by Crippen LogP contribution is 2.23. The zero-order valence-corrected chi connectivity index (χ0v) is 15.7. The Morgan fingerprint density at radius 3 is 2.54 bits per heavy atom. The van der Waals surface area contributed by atoms with E-state index in [1.807, 2.05) is 37.3 Å². The van der Waals surface area contributed by atoms with Crippen molar-refractivity contribution in [1.29, 1.82) is 0 Å². The standard InChI is InChI=1S/C23H22FNO3/c1-2-28-22-12-11-18(23(26)25-21-10-6-9-20(24)14-21)13-19(22)16-27-15-17-7-4-3-5-8-17/h3-14H,2,15-16H2,1H3,(H,25,26). The molecule has 0 aromatic heterocycles. The van der Waals surface area contributed by atoms with Crippen molar-refractivity contribution in [3.05, 3.63) is 95.3 Å². The third kappa shape index (κ3) is 5.41. The molecule has 1 amide bonds. The molecule has 4 nitrogen and oxygen atoms in total. The molecule has 5 heteroatoms. The second kappa shape index (κ2) is 9.67. The average Bonchev–Trinajstić information content (AvgIpc) is 2.70. The predicted molar refractivity (Wildman–Crippen MR) is 107 cm³/mol. The van der Waals surface area contributed by atoms with E-state index >= 15 is 0 Å². The predicted octanol–water partition coefficient (Wildman–Crippen LogP) is 5.19. The summed E-state index contributed by atoms with van der Waals surface area (Å²) in [6.07, 6.45) is 0. The van der Waals surface area contributed by atoms with Crippen LogP contribution in [0.15, 0.2) is 72.8 Å². The summed E-state index contributed by atoms with van der Waals surface area (Å²) < 4.78 is 24.8. The molecule has 0 spiro atoms. The van der Waals surface area contributed by atoms with Crippen molar-refractivity contribution in [2.45, 2.75) is 20.1 Å². The summed E-state index contributed by atoms with van der Waals surface area (Å²) in [6, 6.07) is 20.8. The molecule has 0 fully saturated rings. The number of anilines is 1. The minimum Gasteiger partial charge on any atom is -0.494 e. The van der Waals surface area contributed by atoms with E-state index in [2.05, 4.69) is 5.32 Å². The van der Waals surface area contributed by atoms with E-state index in [1.165, 1.54) is 12.1 Å². The Hall–Kier alpha value is -3.18. The quantitative estimate of drug-likeness (QED) is 0.586. The summed E-state index contributed by atoms with van der Waals surface area (Å²) in [4.78, 5) is 12.5. The molecule has 0 aliphatic heterocycles. The molecule has 3 aromatic carbocycles. The first-order valence-electron chi connectivity index (χ1n) is 9.10. The highest BCUT2D eigenvalue weighted by Gasteiger charge is 2.12. The number of carbonyl (C=O) groups is 1. The van der Waals surface area contributed by atoms with Gasteiger partial charge in [-0.15, -0.1) is 0 Å². The maximum atomic E-state index is 13.3. The minimum atomic E-state index is -0.403. The zero-order chi connectivity index (χ0) is 19.8. The van der Waals surface area contributed by atoms with Crippen LogP contribution in [0.5, 0.6) is 5.75 Å². The van der Waals surface area contributed by atoms with Gasteiger partial charge in [-0.2, -0.15) is 0 Å². The van der Waals surface area contributed by atoms with Crippen molar-refractivity contribution in [2.24, 2.45) is 0 Å². The van der Waals surface area contributed by atoms with Crippen molar-refractivity contribution < 1.29 is 18.7 Å². The van der Waals surface area contributed by atoms with Crippen molar-refractivity contribution in [1.82, 2.24) is 0 Å². The Morgan fingerprint density at radius 2 is 1.79 bits per heavy atom. The van der Waals surface area contributed by atoms with E-state index in [4.69, 9.17) is 9.47 Å². The number of benzene rings is 3. The number of nitrogens with one attached hydrogen (secondary N) is 1. The van der Waals surface area contributed by atoms with Crippen LogP contribution in [0.2, 0.25) is 0 Å². The normalized spacial score (nSPS) is 10.5. The van der Waals surface area contributed by atoms with Crippen LogP contribution < -0.4 is 10.1 Å². The first-order valence-corrected chi connectivity index (χ1v) is 9.10. The van der Waals surface area contributed by atoms with Gasteiger partial charge in [0.1, 0.15) is 11.6 Å². The lowest BCUT2D eigenvalue weighted by Gasteiger charge is -2.13. The van der Waals surface area contributed by atoms with E-state index in [0.717, 1.165) is 11.1 Å². The molecule has 0 saturated heterocycles. The topological polar surface area (TPSA) is 47.6 Å². The number of hydrogen-bond acceptors (Lipinski definition) is 3. The second-order valence-corrected chi connectivity index (χ2v) is 6.20. The van der Waals surface area contributed by atoms with Gasteiger partial charge in [0.05, 0.1) is 19.8 Å². The molecule has 0 unspecified atom stereocenters. The highest BCUT2D eigenvalue weighted by molar-refractivity contribution is 6.04. The molecule has 3 rings (SSSR count). The Morgan fingerprint density at radius 1 is 0.964 bits per heavy atom. The van der Waals surface area contributed by atoms with Gasteiger partial charge < -0.3 is 14.8 Å². The molecule has 0 aliphatic carbocycles. The van der Waals surface area contributed by atoms with Crippen LogP contribution in [0.4, 0.5) is 10.1 Å². The Kier molecular flexibility index (Phi) is 6.76. The van der Waals surface area contributed by atoms with Crippen molar-refractivity contribution in [2.75, 3.05) is 11.9 Å². The van der Waals surface area contributed by atoms with Crippen molar-refractivity contribution in [3.63, 3.8) is 0 Å². The van der Waals surface area contributed by atoms with Crippen molar-refractivity contribution in [3.8, 4) is 5.75 Å². The first-order chi connectivity index (χ1) is 13.7. The van der Waals surface area contributed by atoms with Crippen LogP contribution in [-0.4, -0.2) is 12.5 Å². The Bertz CT molecular complexity index is 928. The van der Waals surface area contributed by atoms with Gasteiger partial charge in [-0.3, -0.25) is 4.79 Å². The molecule has 0 radical (unpaired) electrons. The summed E-state index contributed by atoms with van der Waals surface area (Å²) in [6.45, 7) is 3.19. The lowest BCUT2D eigenvalue weighted by Crippen LogP contribution is -2.13. The largest absolute Gasteiger partial charge is 0.494 e. The third-order valence-corrected chi connectivity index (χ3v) is 4.07. The van der Waals surface area contributed by atoms with Crippen LogP contribution in [0.3, 0.4) is 0 Å². The molecular formula is C23H22FNO3. The fourth-order valence-electron chi connectivity index (χ4n) is 2.75. The molecule has 0 bridgehead atoms. The molecule has 0 aliphatic rings. The monoisotopic (exact) mass is 379 g/mol. The maximum absolute atomic E-state index is 13.3. The summed E-state index contributed by atoms with van der Waals surface area (Å²) in [5.41, 5.74) is 2.71. The molecular weight excluding hydrogens is 357 g/mol. The second-order valence-electron chi connectivity index (χ2n) is 6.20. The van der Waals surface area contributed by atoms with Gasteiger partial charge in [-0.25, -0.2) is 4.39 Å². The molecule has 0 saturated carbocycles. The lowest BCUT2D eigenvalue weighted by molar-refractivity contribution is 0.101. The van der Waals surface area contributed by atoms with Gasteiger partial charge in [-0.1, -0.05) is 36.4 Å². The smallest absolute Gasteiger partial charge is 0.255 e. The molecule has 3 aromatic rings. The van der Waals surface area contributed by atoms with Crippen molar-refractivity contribution >= 4 is 11.6 Å². The number of hydrogen-bond donors (Lipinski definition) is 1. The first kappa shape index (κ1) is 19.6. The van der Waals surface area contributed by atoms with Gasteiger partial charge in [-0.05, 0) is 48.9 Å². The summed E-state index contributed by atoms with van der Waals surface area (Å²) in [7, 11) is 0. The third-order valence-electron chi connectivity index (χ3n) is 4.07. The molecule has 144 valence electrons. The zero-order valence-electron chi connectivity index (χ0n) is 15.7. The minimum absolute atomic E-state index is 0.311. The van der Waals surface area contributed by atoms with Gasteiger partial charge >= 0.3 is 0 Å².